The minimum atomic E-state index is -0.0530. The summed E-state index contributed by atoms with van der Waals surface area (Å²) in [6, 6.07) is -0.0530. The number of methoxy groups -OCH3 is 2. The van der Waals surface area contributed by atoms with Gasteiger partial charge in [0, 0.05) is 27.3 Å². The Kier molecular flexibility index (Phi) is 4.98. The van der Waals surface area contributed by atoms with Crippen molar-refractivity contribution in [3.63, 3.8) is 0 Å². The smallest absolute Gasteiger partial charge is 0.156 e. The summed E-state index contributed by atoms with van der Waals surface area (Å²) < 4.78 is 10.7. The maximum Gasteiger partial charge on any atom is 0.156 e. The number of ether oxygens (including phenoxy) is 2. The zero-order valence-corrected chi connectivity index (χ0v) is 10.1. The first kappa shape index (κ1) is 13.2. The number of likely N-dealkylation sites (tertiary alicyclic amines) is 1. The first-order valence-electron chi connectivity index (χ1n) is 5.44. The fourth-order valence-electron chi connectivity index (χ4n) is 2.20. The van der Waals surface area contributed by atoms with Crippen LogP contribution in [0, 0.1) is 0 Å². The number of amidine groups is 1. The van der Waals surface area contributed by atoms with Gasteiger partial charge in [-0.25, -0.2) is 0 Å². The Balaban J connectivity index is 2.68. The maximum absolute atomic E-state index is 8.72. The van der Waals surface area contributed by atoms with E-state index in [2.05, 4.69) is 10.1 Å². The molecular formula is C10H21N3O3. The summed E-state index contributed by atoms with van der Waals surface area (Å²) in [6.45, 7) is 3.48. The highest BCUT2D eigenvalue weighted by molar-refractivity contribution is 5.85. The van der Waals surface area contributed by atoms with Crippen LogP contribution < -0.4 is 5.73 Å². The van der Waals surface area contributed by atoms with Gasteiger partial charge in [0.15, 0.2) is 5.84 Å². The number of nitrogens with zero attached hydrogens (tertiary/aromatic N) is 2. The highest BCUT2D eigenvalue weighted by Crippen LogP contribution is 2.19. The van der Waals surface area contributed by atoms with Crippen LogP contribution >= 0.6 is 0 Å². The van der Waals surface area contributed by atoms with Gasteiger partial charge in [-0.1, -0.05) is 12.1 Å². The van der Waals surface area contributed by atoms with Crippen LogP contribution in [0.15, 0.2) is 5.16 Å². The van der Waals surface area contributed by atoms with E-state index in [4.69, 9.17) is 20.4 Å². The Bertz CT molecular complexity index is 235. The van der Waals surface area contributed by atoms with Crippen LogP contribution in [-0.4, -0.2) is 61.5 Å². The lowest BCUT2D eigenvalue weighted by atomic mass is 10.2. The molecule has 0 aliphatic carbocycles. The molecule has 0 aromatic rings. The first-order valence-corrected chi connectivity index (χ1v) is 5.44. The average Bonchev–Trinajstić information content (AvgIpc) is 2.72. The summed E-state index contributed by atoms with van der Waals surface area (Å²) in [4.78, 5) is 2.12. The van der Waals surface area contributed by atoms with Gasteiger partial charge in [-0.3, -0.25) is 4.90 Å². The van der Waals surface area contributed by atoms with Crippen molar-refractivity contribution in [2.24, 2.45) is 10.9 Å². The van der Waals surface area contributed by atoms with E-state index in [-0.39, 0.29) is 24.1 Å². The minimum absolute atomic E-state index is 0.0468. The molecule has 0 aromatic heterocycles. The van der Waals surface area contributed by atoms with E-state index in [1.807, 2.05) is 6.92 Å². The van der Waals surface area contributed by atoms with Crippen molar-refractivity contribution < 1.29 is 14.7 Å². The monoisotopic (exact) mass is 231 g/mol. The summed E-state index contributed by atoms with van der Waals surface area (Å²) >= 11 is 0. The van der Waals surface area contributed by atoms with Gasteiger partial charge in [-0.2, -0.15) is 0 Å². The van der Waals surface area contributed by atoms with E-state index >= 15 is 0 Å². The zero-order valence-electron chi connectivity index (χ0n) is 10.1. The predicted molar refractivity (Wildman–Crippen MR) is 60.7 cm³/mol. The summed E-state index contributed by atoms with van der Waals surface area (Å²) in [5.74, 6) is 0.245. The molecule has 0 radical (unpaired) electrons. The second-order valence-corrected chi connectivity index (χ2v) is 3.95. The summed E-state index contributed by atoms with van der Waals surface area (Å²) in [5.41, 5.74) is 5.66. The molecule has 0 amide bonds. The zero-order chi connectivity index (χ0) is 12.1. The van der Waals surface area contributed by atoms with E-state index in [1.54, 1.807) is 14.2 Å². The van der Waals surface area contributed by atoms with Crippen LogP contribution in [0.1, 0.15) is 13.3 Å². The van der Waals surface area contributed by atoms with Crippen molar-refractivity contribution >= 4 is 5.84 Å². The van der Waals surface area contributed by atoms with Gasteiger partial charge in [-0.05, 0) is 6.42 Å². The SMILES string of the molecule is CCC(C(N)=NO)N1CC(OC)C(OC)C1. The van der Waals surface area contributed by atoms with Crippen LogP contribution in [0.3, 0.4) is 0 Å². The summed E-state index contributed by atoms with van der Waals surface area (Å²) in [7, 11) is 3.34. The Labute approximate surface area is 96.0 Å². The Morgan fingerprint density at radius 3 is 2.25 bits per heavy atom. The van der Waals surface area contributed by atoms with Crippen LogP contribution in [0.5, 0.6) is 0 Å². The molecule has 0 spiro atoms. The van der Waals surface area contributed by atoms with Crippen molar-refractivity contribution in [2.45, 2.75) is 31.6 Å². The van der Waals surface area contributed by atoms with Gasteiger partial charge in [-0.15, -0.1) is 0 Å². The molecule has 3 atom stereocenters. The third kappa shape index (κ3) is 2.63. The third-order valence-electron chi connectivity index (χ3n) is 3.13. The number of hydrogen-bond donors (Lipinski definition) is 2. The van der Waals surface area contributed by atoms with Gasteiger partial charge >= 0.3 is 0 Å². The quantitative estimate of drug-likeness (QED) is 0.298. The largest absolute Gasteiger partial charge is 0.409 e. The number of nitrogens with two attached hydrogens (primary N) is 1. The Morgan fingerprint density at radius 2 is 1.94 bits per heavy atom. The fourth-order valence-corrected chi connectivity index (χ4v) is 2.20. The molecule has 3 N–H and O–H groups in total. The molecule has 6 heteroatoms. The van der Waals surface area contributed by atoms with Crippen molar-refractivity contribution in [3.8, 4) is 0 Å². The lowest BCUT2D eigenvalue weighted by Gasteiger charge is -2.25. The molecule has 1 rings (SSSR count). The summed E-state index contributed by atoms with van der Waals surface area (Å²) in [5, 5.41) is 11.8. The number of hydrogen-bond acceptors (Lipinski definition) is 5. The molecule has 1 aliphatic heterocycles. The van der Waals surface area contributed by atoms with E-state index in [9.17, 15) is 0 Å². The van der Waals surface area contributed by atoms with Crippen molar-refractivity contribution in [1.29, 1.82) is 0 Å². The molecule has 6 nitrogen and oxygen atoms in total. The second kappa shape index (κ2) is 6.03. The topological polar surface area (TPSA) is 80.3 Å². The molecule has 16 heavy (non-hydrogen) atoms. The second-order valence-electron chi connectivity index (χ2n) is 3.95. The minimum Gasteiger partial charge on any atom is -0.409 e. The number of oxime groups is 1. The molecule has 1 saturated heterocycles. The van der Waals surface area contributed by atoms with Crippen LogP contribution in [0.25, 0.3) is 0 Å². The highest BCUT2D eigenvalue weighted by Gasteiger charge is 2.37. The van der Waals surface area contributed by atoms with E-state index in [0.717, 1.165) is 19.5 Å². The number of rotatable bonds is 5. The molecule has 0 saturated carbocycles. The highest BCUT2D eigenvalue weighted by atomic mass is 16.5. The van der Waals surface area contributed by atoms with Gasteiger partial charge in [0.1, 0.15) is 0 Å². The van der Waals surface area contributed by atoms with Gasteiger partial charge in [0.2, 0.25) is 0 Å². The molecule has 94 valence electrons. The maximum atomic E-state index is 8.72. The molecule has 0 aromatic carbocycles. The summed E-state index contributed by atoms with van der Waals surface area (Å²) in [6.07, 6.45) is 0.888. The molecule has 0 bridgehead atoms. The normalized spacial score (nSPS) is 29.6. The van der Waals surface area contributed by atoms with Gasteiger partial charge < -0.3 is 20.4 Å². The van der Waals surface area contributed by atoms with Crippen LogP contribution in [-0.2, 0) is 9.47 Å². The van der Waals surface area contributed by atoms with E-state index < -0.39 is 0 Å². The van der Waals surface area contributed by atoms with Crippen molar-refractivity contribution in [1.82, 2.24) is 4.90 Å². The van der Waals surface area contributed by atoms with Crippen molar-refractivity contribution in [2.75, 3.05) is 27.3 Å². The molecular weight excluding hydrogens is 210 g/mol. The van der Waals surface area contributed by atoms with Gasteiger partial charge in [0.05, 0.1) is 18.2 Å². The standard InChI is InChI=1S/C10H21N3O3/c1-4-7(10(11)12-14)13-5-8(15-2)9(6-13)16-3/h7-9,14H,4-6H2,1-3H3,(H2,11,12). The molecule has 1 fully saturated rings. The fraction of sp³-hybridized carbons (Fsp3) is 0.900. The Morgan fingerprint density at radius 1 is 1.44 bits per heavy atom. The average molecular weight is 231 g/mol. The van der Waals surface area contributed by atoms with Crippen LogP contribution in [0.4, 0.5) is 0 Å². The molecule has 3 unspecified atom stereocenters. The van der Waals surface area contributed by atoms with E-state index in [1.165, 1.54) is 0 Å². The van der Waals surface area contributed by atoms with Crippen molar-refractivity contribution in [3.05, 3.63) is 0 Å². The lowest BCUT2D eigenvalue weighted by molar-refractivity contribution is -0.00461. The lowest BCUT2D eigenvalue weighted by Crippen LogP contribution is -2.44. The van der Waals surface area contributed by atoms with Crippen LogP contribution in [0.2, 0.25) is 0 Å². The third-order valence-corrected chi connectivity index (χ3v) is 3.13. The Hall–Kier alpha value is -0.850. The van der Waals surface area contributed by atoms with E-state index in [0.29, 0.717) is 0 Å². The predicted octanol–water partition coefficient (Wildman–Crippen LogP) is -0.143. The first-order chi connectivity index (χ1) is 7.67. The van der Waals surface area contributed by atoms with Gasteiger partial charge in [0.25, 0.3) is 0 Å². The molecule has 1 aliphatic rings. The molecule has 1 heterocycles.